The number of nitrogens with zero attached hydrogens (tertiary/aromatic N) is 3. The van der Waals surface area contributed by atoms with E-state index < -0.39 is 11.8 Å². The second-order valence-electron chi connectivity index (χ2n) is 7.87. The van der Waals surface area contributed by atoms with E-state index in [0.29, 0.717) is 38.0 Å². The molecule has 0 saturated heterocycles. The van der Waals surface area contributed by atoms with E-state index in [1.807, 2.05) is 12.1 Å². The summed E-state index contributed by atoms with van der Waals surface area (Å²) in [5.74, 6) is -0.318. The molecule has 0 radical (unpaired) electrons. The number of fused-ring (bicyclic) bond motifs is 2. The molecule has 1 aliphatic rings. The number of hydrogen-bond donors (Lipinski definition) is 2. The Bertz CT molecular complexity index is 1530. The highest BCUT2D eigenvalue weighted by Crippen LogP contribution is 2.39. The first-order valence-electron chi connectivity index (χ1n) is 10.8. The van der Waals surface area contributed by atoms with Crippen molar-refractivity contribution in [2.75, 3.05) is 13.3 Å². The Balaban J connectivity index is 1.31. The molecule has 4 aromatic rings. The number of rotatable bonds is 6. The first kappa shape index (κ1) is 23.7. The zero-order chi connectivity index (χ0) is 25.2. The summed E-state index contributed by atoms with van der Waals surface area (Å²) in [6, 6.07) is 17.1. The number of nitrogens with one attached hydrogen (secondary N) is 1. The van der Waals surface area contributed by atoms with E-state index in [1.165, 1.54) is 6.07 Å². The normalized spacial score (nSPS) is 12.4. The number of para-hydroxylation sites is 1. The monoisotopic (exact) mass is 524 g/mol. The van der Waals surface area contributed by atoms with Gasteiger partial charge in [-0.1, -0.05) is 47.5 Å². The molecule has 2 amide bonds. The van der Waals surface area contributed by atoms with E-state index in [2.05, 4.69) is 15.5 Å². The van der Waals surface area contributed by atoms with Crippen molar-refractivity contribution in [3.05, 3.63) is 81.8 Å². The van der Waals surface area contributed by atoms with Gasteiger partial charge in [-0.2, -0.15) is 0 Å². The molecule has 5 rings (SSSR count). The first-order chi connectivity index (χ1) is 17.4. The van der Waals surface area contributed by atoms with E-state index in [4.69, 9.17) is 32.7 Å². The Hall–Kier alpha value is -4.08. The molecule has 1 aliphatic heterocycles. The SMILES string of the molecule is O=C(CNC(=O)c1ccc2c(c1)OCO2)N=Nc1c(O)n(Cc2ccc(Cl)c(Cl)c2)c2ccccc12. The molecule has 9 nitrogen and oxygen atoms in total. The molecule has 0 fully saturated rings. The standard InChI is InChI=1S/C25H18Cl2N4O5/c26-17-7-5-14(9-18(17)27)12-31-19-4-2-1-3-16(19)23(25(31)34)30-29-22(32)11-28-24(33)15-6-8-20-21(10-15)36-13-35-20/h1-10,34H,11-13H2,(H,28,33). The minimum Gasteiger partial charge on any atom is -0.493 e. The summed E-state index contributed by atoms with van der Waals surface area (Å²) in [7, 11) is 0. The van der Waals surface area contributed by atoms with Crippen molar-refractivity contribution >= 4 is 51.6 Å². The van der Waals surface area contributed by atoms with Crippen LogP contribution < -0.4 is 14.8 Å². The van der Waals surface area contributed by atoms with Crippen molar-refractivity contribution in [1.82, 2.24) is 9.88 Å². The summed E-state index contributed by atoms with van der Waals surface area (Å²) >= 11 is 12.1. The summed E-state index contributed by atoms with van der Waals surface area (Å²) in [6.45, 7) is 0.00766. The van der Waals surface area contributed by atoms with Crippen molar-refractivity contribution in [2.24, 2.45) is 10.2 Å². The molecule has 1 aromatic heterocycles. The quantitative estimate of drug-likeness (QED) is 0.324. The Labute approximate surface area is 214 Å². The van der Waals surface area contributed by atoms with Crippen LogP contribution in [0.15, 0.2) is 70.9 Å². The van der Waals surface area contributed by atoms with Crippen LogP contribution in [0.3, 0.4) is 0 Å². The van der Waals surface area contributed by atoms with Gasteiger partial charge in [0.25, 0.3) is 11.8 Å². The smallest absolute Gasteiger partial charge is 0.283 e. The molecular formula is C25H18Cl2N4O5. The van der Waals surface area contributed by atoms with E-state index >= 15 is 0 Å². The lowest BCUT2D eigenvalue weighted by molar-refractivity contribution is -0.117. The maximum Gasteiger partial charge on any atom is 0.283 e. The fraction of sp³-hybridized carbons (Fsp3) is 0.120. The predicted octanol–water partition coefficient (Wildman–Crippen LogP) is 5.47. The highest BCUT2D eigenvalue weighted by atomic mass is 35.5. The van der Waals surface area contributed by atoms with Crippen LogP contribution in [0.1, 0.15) is 15.9 Å². The highest BCUT2D eigenvalue weighted by Gasteiger charge is 2.19. The van der Waals surface area contributed by atoms with Crippen LogP contribution >= 0.6 is 23.2 Å². The largest absolute Gasteiger partial charge is 0.493 e. The summed E-state index contributed by atoms with van der Waals surface area (Å²) in [5, 5.41) is 22.5. The maximum absolute atomic E-state index is 12.4. The van der Waals surface area contributed by atoms with Gasteiger partial charge in [-0.3, -0.25) is 9.59 Å². The van der Waals surface area contributed by atoms with Crippen molar-refractivity contribution < 1.29 is 24.2 Å². The fourth-order valence-electron chi connectivity index (χ4n) is 3.79. The number of benzene rings is 3. The van der Waals surface area contributed by atoms with E-state index in [9.17, 15) is 14.7 Å². The van der Waals surface area contributed by atoms with Crippen molar-refractivity contribution in [1.29, 1.82) is 0 Å². The second kappa shape index (κ2) is 9.88. The number of carbonyl (C=O) groups excluding carboxylic acids is 2. The number of hydrogen-bond acceptors (Lipinski definition) is 6. The Morgan fingerprint density at radius 2 is 1.81 bits per heavy atom. The van der Waals surface area contributed by atoms with Crippen LogP contribution in [0.4, 0.5) is 5.69 Å². The summed E-state index contributed by atoms with van der Waals surface area (Å²) in [4.78, 5) is 24.7. The Kier molecular flexibility index (Phi) is 6.49. The zero-order valence-corrected chi connectivity index (χ0v) is 20.1. The van der Waals surface area contributed by atoms with Gasteiger partial charge >= 0.3 is 0 Å². The molecule has 36 heavy (non-hydrogen) atoms. The van der Waals surface area contributed by atoms with Gasteiger partial charge in [0, 0.05) is 10.9 Å². The van der Waals surface area contributed by atoms with Gasteiger partial charge in [0.15, 0.2) is 17.2 Å². The third-order valence-corrected chi connectivity index (χ3v) is 6.28. The lowest BCUT2D eigenvalue weighted by atomic mass is 10.2. The maximum atomic E-state index is 12.4. The lowest BCUT2D eigenvalue weighted by Gasteiger charge is -2.08. The van der Waals surface area contributed by atoms with E-state index in [1.54, 1.807) is 47.0 Å². The first-order valence-corrected chi connectivity index (χ1v) is 11.5. The van der Waals surface area contributed by atoms with Gasteiger partial charge in [0.05, 0.1) is 22.1 Å². The summed E-state index contributed by atoms with van der Waals surface area (Å²) in [5.41, 5.74) is 1.96. The predicted molar refractivity (Wildman–Crippen MR) is 134 cm³/mol. The molecule has 2 N–H and O–H groups in total. The van der Waals surface area contributed by atoms with Crippen LogP contribution in [-0.2, 0) is 11.3 Å². The molecule has 0 atom stereocenters. The van der Waals surface area contributed by atoms with Gasteiger partial charge < -0.3 is 24.5 Å². The van der Waals surface area contributed by atoms with Crippen molar-refractivity contribution in [3.8, 4) is 17.4 Å². The number of carbonyl (C=O) groups is 2. The molecule has 0 aliphatic carbocycles. The number of aromatic hydroxyl groups is 1. The third kappa shape index (κ3) is 4.71. The fourth-order valence-corrected chi connectivity index (χ4v) is 4.11. The molecule has 182 valence electrons. The van der Waals surface area contributed by atoms with Gasteiger partial charge in [-0.05, 0) is 42.0 Å². The number of ether oxygens (including phenoxy) is 2. The lowest BCUT2D eigenvalue weighted by Crippen LogP contribution is -2.28. The highest BCUT2D eigenvalue weighted by molar-refractivity contribution is 6.42. The average molecular weight is 525 g/mol. The van der Waals surface area contributed by atoms with Gasteiger partial charge in [0.2, 0.25) is 12.7 Å². The van der Waals surface area contributed by atoms with Crippen LogP contribution in [0.25, 0.3) is 10.9 Å². The third-order valence-electron chi connectivity index (χ3n) is 5.54. The number of aromatic nitrogens is 1. The van der Waals surface area contributed by atoms with E-state index in [0.717, 1.165) is 5.56 Å². The Morgan fingerprint density at radius 1 is 1.00 bits per heavy atom. The van der Waals surface area contributed by atoms with Gasteiger partial charge in [-0.25, -0.2) is 0 Å². The van der Waals surface area contributed by atoms with Crippen molar-refractivity contribution in [3.63, 3.8) is 0 Å². The minimum atomic E-state index is -0.690. The molecule has 0 bridgehead atoms. The molecule has 3 aromatic carbocycles. The minimum absolute atomic E-state index is 0.0932. The molecule has 2 heterocycles. The van der Waals surface area contributed by atoms with Crippen LogP contribution in [0.2, 0.25) is 10.0 Å². The Morgan fingerprint density at radius 3 is 2.64 bits per heavy atom. The summed E-state index contributed by atoms with van der Waals surface area (Å²) < 4.78 is 12.1. The van der Waals surface area contributed by atoms with Gasteiger partial charge in [0.1, 0.15) is 6.54 Å². The molecular weight excluding hydrogens is 507 g/mol. The number of azo groups is 1. The topological polar surface area (TPSA) is 115 Å². The summed E-state index contributed by atoms with van der Waals surface area (Å²) in [6.07, 6.45) is 0. The van der Waals surface area contributed by atoms with Crippen molar-refractivity contribution in [2.45, 2.75) is 6.54 Å². The number of amides is 2. The molecule has 0 spiro atoms. The molecule has 0 unspecified atom stereocenters. The average Bonchev–Trinajstić information content (AvgIpc) is 3.45. The zero-order valence-electron chi connectivity index (χ0n) is 18.6. The second-order valence-corrected chi connectivity index (χ2v) is 8.68. The molecule has 11 heteroatoms. The van der Waals surface area contributed by atoms with Crippen LogP contribution in [0, 0.1) is 0 Å². The molecule has 0 saturated carbocycles. The van der Waals surface area contributed by atoms with Gasteiger partial charge in [-0.15, -0.1) is 10.2 Å². The van der Waals surface area contributed by atoms with Crippen LogP contribution in [0.5, 0.6) is 17.4 Å². The number of halogens is 2. The van der Waals surface area contributed by atoms with Crippen LogP contribution in [-0.4, -0.2) is 34.8 Å². The van der Waals surface area contributed by atoms with E-state index in [-0.39, 0.29) is 31.4 Å².